The van der Waals surface area contributed by atoms with Gasteiger partial charge in [0.15, 0.2) is 0 Å². The lowest BCUT2D eigenvalue weighted by Gasteiger charge is -2.08. The number of thiazole rings is 1. The third-order valence-electron chi connectivity index (χ3n) is 4.80. The molecule has 0 aliphatic rings. The molecule has 0 aliphatic heterocycles. The third-order valence-corrected chi connectivity index (χ3v) is 6.64. The lowest BCUT2D eigenvalue weighted by Crippen LogP contribution is -2.14. The van der Waals surface area contributed by atoms with E-state index < -0.39 is 0 Å². The number of hydrogen-bond donors (Lipinski definition) is 1. The van der Waals surface area contributed by atoms with E-state index in [4.69, 9.17) is 0 Å². The average Bonchev–Trinajstić information content (AvgIpc) is 3.18. The first-order chi connectivity index (χ1) is 17.0. The van der Waals surface area contributed by atoms with E-state index in [-0.39, 0.29) is 23.0 Å². The zero-order valence-electron chi connectivity index (χ0n) is 20.9. The van der Waals surface area contributed by atoms with E-state index in [9.17, 15) is 14.0 Å². The zero-order valence-corrected chi connectivity index (χ0v) is 22.6. The highest BCUT2D eigenvalue weighted by Crippen LogP contribution is 2.23. The molecule has 1 N–H and O–H groups in total. The van der Waals surface area contributed by atoms with E-state index >= 15 is 0 Å². The lowest BCUT2D eigenvalue weighted by molar-refractivity contribution is -0.115. The summed E-state index contributed by atoms with van der Waals surface area (Å²) in [7, 11) is 0. The Hall–Kier alpha value is -2.90. The molecule has 1 amide bonds. The number of nitrogens with one attached hydrogen (secondary N) is 1. The number of halogens is 1. The molecule has 0 fully saturated rings. The first-order valence-electron chi connectivity index (χ1n) is 11.9. The van der Waals surface area contributed by atoms with E-state index in [2.05, 4.69) is 12.2 Å². The fourth-order valence-corrected chi connectivity index (χ4v) is 4.92. The number of rotatable bonds is 7. The number of hydrogen-bond acceptors (Lipinski definition) is 4. The molecule has 0 saturated carbocycles. The van der Waals surface area contributed by atoms with Crippen molar-refractivity contribution < 1.29 is 9.18 Å². The van der Waals surface area contributed by atoms with Gasteiger partial charge in [-0.1, -0.05) is 70.2 Å². The Morgan fingerprint density at radius 1 is 0.943 bits per heavy atom. The van der Waals surface area contributed by atoms with Gasteiger partial charge in [0.2, 0.25) is 5.91 Å². The fourth-order valence-electron chi connectivity index (χ4n) is 3.33. The van der Waals surface area contributed by atoms with Crippen LogP contribution >= 0.6 is 23.1 Å². The van der Waals surface area contributed by atoms with E-state index in [1.54, 1.807) is 34.5 Å². The average molecular weight is 513 g/mol. The number of carbonyl (C=O) groups excluding carboxylic acids is 1. The van der Waals surface area contributed by atoms with Crippen LogP contribution in [0.15, 0.2) is 76.4 Å². The van der Waals surface area contributed by atoms with Gasteiger partial charge in [-0.15, -0.1) is 11.8 Å². The predicted molar refractivity (Wildman–Crippen MR) is 149 cm³/mol. The van der Waals surface area contributed by atoms with Crippen LogP contribution in [0.2, 0.25) is 0 Å². The van der Waals surface area contributed by atoms with Crippen LogP contribution in [0, 0.1) is 5.82 Å². The van der Waals surface area contributed by atoms with Gasteiger partial charge in [-0.3, -0.25) is 14.2 Å². The summed E-state index contributed by atoms with van der Waals surface area (Å²) in [6, 6.07) is 19.6. The number of anilines is 1. The van der Waals surface area contributed by atoms with Crippen molar-refractivity contribution in [3.8, 4) is 0 Å². The SMILES string of the molecule is CC.CC.CCSc1ccc(CC(=O)Nc2ccc3c(c2)sc(=O)n3Cc2ccc(F)cc2)cc1. The smallest absolute Gasteiger partial charge is 0.308 e. The Labute approximate surface area is 215 Å². The Morgan fingerprint density at radius 2 is 1.57 bits per heavy atom. The van der Waals surface area contributed by atoms with Gasteiger partial charge in [0, 0.05) is 10.6 Å². The van der Waals surface area contributed by atoms with Crippen molar-refractivity contribution in [1.82, 2.24) is 4.57 Å². The molecule has 0 unspecified atom stereocenters. The fraction of sp³-hybridized carbons (Fsp3) is 0.286. The number of thioether (sulfide) groups is 1. The molecule has 35 heavy (non-hydrogen) atoms. The molecule has 0 atom stereocenters. The highest BCUT2D eigenvalue weighted by Gasteiger charge is 2.11. The van der Waals surface area contributed by atoms with Gasteiger partial charge in [-0.2, -0.15) is 0 Å². The van der Waals surface area contributed by atoms with Crippen molar-refractivity contribution >= 4 is 44.9 Å². The molecule has 0 aliphatic carbocycles. The predicted octanol–water partition coefficient (Wildman–Crippen LogP) is 7.60. The van der Waals surface area contributed by atoms with Crippen LogP contribution in [0.5, 0.6) is 0 Å². The number of aromatic nitrogens is 1. The molecule has 3 aromatic carbocycles. The Bertz CT molecular complexity index is 1260. The molecule has 1 aromatic heterocycles. The Balaban J connectivity index is 0.00000103. The summed E-state index contributed by atoms with van der Waals surface area (Å²) in [4.78, 5) is 26.0. The summed E-state index contributed by atoms with van der Waals surface area (Å²) in [5.41, 5.74) is 3.25. The van der Waals surface area contributed by atoms with Crippen LogP contribution in [0.3, 0.4) is 0 Å². The van der Waals surface area contributed by atoms with E-state index in [1.165, 1.54) is 17.0 Å². The molecule has 4 aromatic rings. The maximum absolute atomic E-state index is 13.1. The van der Waals surface area contributed by atoms with Gasteiger partial charge < -0.3 is 5.32 Å². The number of carbonyl (C=O) groups is 1. The molecule has 1 heterocycles. The van der Waals surface area contributed by atoms with Crippen LogP contribution in [-0.2, 0) is 17.8 Å². The van der Waals surface area contributed by atoms with E-state index in [0.717, 1.165) is 38.4 Å². The number of benzene rings is 3. The van der Waals surface area contributed by atoms with Gasteiger partial charge in [-0.25, -0.2) is 4.39 Å². The van der Waals surface area contributed by atoms with Crippen molar-refractivity contribution in [2.75, 3.05) is 11.1 Å². The molecule has 0 saturated heterocycles. The standard InChI is InChI=1S/C24H21FN2O2S2.2C2H6/c1-2-30-20-10-5-16(6-11-20)13-23(28)26-19-9-12-21-22(14-19)31-24(29)27(21)15-17-3-7-18(25)8-4-17;2*1-2/h3-12,14H,2,13,15H2,1H3,(H,26,28);2*1-2H3. The molecule has 4 rings (SSSR count). The van der Waals surface area contributed by atoms with Gasteiger partial charge >= 0.3 is 4.87 Å². The second kappa shape index (κ2) is 14.5. The minimum atomic E-state index is -0.303. The van der Waals surface area contributed by atoms with Crippen LogP contribution in [-0.4, -0.2) is 16.2 Å². The quantitative estimate of drug-likeness (QED) is 0.259. The molecule has 0 bridgehead atoms. The zero-order chi connectivity index (χ0) is 25.8. The monoisotopic (exact) mass is 512 g/mol. The van der Waals surface area contributed by atoms with Gasteiger partial charge in [-0.05, 0) is 59.3 Å². The number of fused-ring (bicyclic) bond motifs is 1. The van der Waals surface area contributed by atoms with Crippen molar-refractivity contribution in [3.05, 3.63) is 93.3 Å². The third kappa shape index (κ3) is 8.08. The number of nitrogens with zero attached hydrogens (tertiary/aromatic N) is 1. The normalized spacial score (nSPS) is 10.1. The molecule has 186 valence electrons. The summed E-state index contributed by atoms with van der Waals surface area (Å²) in [6.45, 7) is 10.5. The van der Waals surface area contributed by atoms with Crippen LogP contribution in [0.25, 0.3) is 10.2 Å². The molecule has 4 nitrogen and oxygen atoms in total. The van der Waals surface area contributed by atoms with Crippen molar-refractivity contribution in [2.45, 2.75) is 52.5 Å². The lowest BCUT2D eigenvalue weighted by atomic mass is 10.1. The maximum atomic E-state index is 13.1. The molecular weight excluding hydrogens is 479 g/mol. The highest BCUT2D eigenvalue weighted by atomic mass is 32.2. The van der Waals surface area contributed by atoms with Crippen LogP contribution in [0.4, 0.5) is 10.1 Å². The second-order valence-electron chi connectivity index (χ2n) is 7.07. The van der Waals surface area contributed by atoms with Gasteiger partial charge in [0.25, 0.3) is 0 Å². The van der Waals surface area contributed by atoms with Crippen molar-refractivity contribution in [3.63, 3.8) is 0 Å². The summed E-state index contributed by atoms with van der Waals surface area (Å²) in [5, 5.41) is 2.92. The largest absolute Gasteiger partial charge is 0.326 e. The van der Waals surface area contributed by atoms with Crippen molar-refractivity contribution in [2.24, 2.45) is 0 Å². The summed E-state index contributed by atoms with van der Waals surface area (Å²) in [5.74, 6) is 0.607. The first kappa shape index (κ1) is 28.3. The van der Waals surface area contributed by atoms with Crippen molar-refractivity contribution in [1.29, 1.82) is 0 Å². The summed E-state index contributed by atoms with van der Waals surface area (Å²) < 4.78 is 15.6. The number of amides is 1. The maximum Gasteiger partial charge on any atom is 0.308 e. The van der Waals surface area contributed by atoms with E-state index in [0.29, 0.717) is 12.2 Å². The summed E-state index contributed by atoms with van der Waals surface area (Å²) >= 11 is 2.90. The van der Waals surface area contributed by atoms with Gasteiger partial charge in [0.1, 0.15) is 5.82 Å². The first-order valence-corrected chi connectivity index (χ1v) is 13.7. The van der Waals surface area contributed by atoms with Crippen LogP contribution in [0.1, 0.15) is 45.7 Å². The molecular formula is C28H33FN2O2S2. The topological polar surface area (TPSA) is 51.1 Å². The van der Waals surface area contributed by atoms with E-state index in [1.807, 2.05) is 64.1 Å². The summed E-state index contributed by atoms with van der Waals surface area (Å²) in [6.07, 6.45) is 0.289. The molecule has 0 spiro atoms. The Morgan fingerprint density at radius 3 is 2.20 bits per heavy atom. The van der Waals surface area contributed by atoms with Gasteiger partial charge in [0.05, 0.1) is 23.2 Å². The molecule has 0 radical (unpaired) electrons. The second-order valence-corrected chi connectivity index (χ2v) is 9.40. The molecule has 7 heteroatoms. The highest BCUT2D eigenvalue weighted by molar-refractivity contribution is 7.99. The minimum absolute atomic E-state index is 0.0900. The Kier molecular flexibility index (Phi) is 11.7. The van der Waals surface area contributed by atoms with Crippen LogP contribution < -0.4 is 10.2 Å². The minimum Gasteiger partial charge on any atom is -0.326 e.